The lowest BCUT2D eigenvalue weighted by molar-refractivity contribution is 0.0991. The Morgan fingerprint density at radius 2 is 1.74 bits per heavy atom. The number of aryl methyl sites for hydroxylation is 1. The molecule has 1 aromatic heterocycles. The molecule has 1 N–H and O–H groups in total. The van der Waals surface area contributed by atoms with Gasteiger partial charge < -0.3 is 14.6 Å². The van der Waals surface area contributed by atoms with Crippen molar-refractivity contribution in [2.75, 3.05) is 20.2 Å². The average Bonchev–Trinajstić information content (AvgIpc) is 3.00. The minimum atomic E-state index is 0.116. The lowest BCUT2D eigenvalue weighted by atomic mass is 10.1. The number of rotatable bonds is 8. The van der Waals surface area contributed by atoms with E-state index in [2.05, 4.69) is 28.1 Å². The highest BCUT2D eigenvalue weighted by molar-refractivity contribution is 5.99. The summed E-state index contributed by atoms with van der Waals surface area (Å²) in [5.74, 6) is 1.00. The van der Waals surface area contributed by atoms with Crippen LogP contribution in [0.25, 0.3) is 5.69 Å². The molecule has 0 aliphatic carbocycles. The van der Waals surface area contributed by atoms with Crippen molar-refractivity contribution in [3.05, 3.63) is 83.2 Å². The van der Waals surface area contributed by atoms with E-state index >= 15 is 0 Å². The van der Waals surface area contributed by atoms with Crippen LogP contribution in [-0.2, 0) is 6.42 Å². The van der Waals surface area contributed by atoms with Gasteiger partial charge in [0.2, 0.25) is 0 Å². The maximum absolute atomic E-state index is 12.7. The lowest BCUT2D eigenvalue weighted by Gasteiger charge is -2.10. The normalized spacial score (nSPS) is 10.8. The maximum atomic E-state index is 12.7. The summed E-state index contributed by atoms with van der Waals surface area (Å²) in [4.78, 5) is 12.7. The Morgan fingerprint density at radius 3 is 2.48 bits per heavy atom. The summed E-state index contributed by atoms with van der Waals surface area (Å²) in [5, 5.41) is 3.26. The largest absolute Gasteiger partial charge is 0.496 e. The molecule has 2 aromatic carbocycles. The van der Waals surface area contributed by atoms with Crippen LogP contribution >= 0.6 is 0 Å². The molecule has 4 nitrogen and oxygen atoms in total. The molecule has 0 aliphatic heterocycles. The predicted octanol–water partition coefficient (Wildman–Crippen LogP) is 4.12. The number of methoxy groups -OCH3 is 1. The maximum Gasteiger partial charge on any atom is 0.178 e. The third-order valence-electron chi connectivity index (χ3n) is 4.80. The fourth-order valence-corrected chi connectivity index (χ4v) is 3.45. The molecule has 0 saturated heterocycles. The Morgan fingerprint density at radius 1 is 1.04 bits per heavy atom. The molecule has 0 amide bonds. The number of hydrogen-bond acceptors (Lipinski definition) is 3. The van der Waals surface area contributed by atoms with E-state index in [9.17, 15) is 4.79 Å². The van der Waals surface area contributed by atoms with Crippen molar-refractivity contribution in [2.24, 2.45) is 0 Å². The number of ketones is 1. The number of Topliss-reactive ketones (excluding diaryl/α,β-unsaturated/α-hetero) is 1. The van der Waals surface area contributed by atoms with Gasteiger partial charge in [-0.3, -0.25) is 4.79 Å². The van der Waals surface area contributed by atoms with Gasteiger partial charge in [-0.15, -0.1) is 0 Å². The van der Waals surface area contributed by atoms with Crippen molar-refractivity contribution >= 4 is 5.78 Å². The quantitative estimate of drug-likeness (QED) is 0.484. The zero-order chi connectivity index (χ0) is 19.2. The Hall–Kier alpha value is -2.85. The topological polar surface area (TPSA) is 43.3 Å². The Balaban J connectivity index is 1.62. The Bertz CT molecular complexity index is 913. The summed E-state index contributed by atoms with van der Waals surface area (Å²) in [6.45, 7) is 5.09. The lowest BCUT2D eigenvalue weighted by Crippen LogP contribution is -2.25. The fourth-order valence-electron chi connectivity index (χ4n) is 3.45. The van der Waals surface area contributed by atoms with E-state index in [0.29, 0.717) is 6.54 Å². The SMILES string of the molecule is COc1ccccc1CCNCC(=O)c1cc(C)n(-c2ccccc2)c1C. The van der Waals surface area contributed by atoms with Crippen LogP contribution in [0.2, 0.25) is 0 Å². The van der Waals surface area contributed by atoms with Gasteiger partial charge in [0.1, 0.15) is 5.75 Å². The van der Waals surface area contributed by atoms with Gasteiger partial charge in [-0.2, -0.15) is 0 Å². The van der Waals surface area contributed by atoms with Crippen LogP contribution in [0.3, 0.4) is 0 Å². The van der Waals surface area contributed by atoms with Gasteiger partial charge in [0.25, 0.3) is 0 Å². The first-order chi connectivity index (χ1) is 13.1. The number of hydrogen-bond donors (Lipinski definition) is 1. The zero-order valence-corrected chi connectivity index (χ0v) is 16.2. The summed E-state index contributed by atoms with van der Waals surface area (Å²) < 4.78 is 7.50. The van der Waals surface area contributed by atoms with Crippen LogP contribution in [0.5, 0.6) is 5.75 Å². The van der Waals surface area contributed by atoms with Crippen molar-refractivity contribution in [1.29, 1.82) is 0 Å². The highest BCUT2D eigenvalue weighted by Gasteiger charge is 2.16. The van der Waals surface area contributed by atoms with Crippen molar-refractivity contribution in [3.8, 4) is 11.4 Å². The second kappa shape index (κ2) is 8.69. The van der Waals surface area contributed by atoms with Crippen LogP contribution in [0.4, 0.5) is 0 Å². The Kier molecular flexibility index (Phi) is 6.09. The molecule has 0 saturated carbocycles. The minimum absolute atomic E-state index is 0.116. The number of para-hydroxylation sites is 2. The molecule has 3 aromatic rings. The number of benzene rings is 2. The summed E-state index contributed by atoms with van der Waals surface area (Å²) in [5.41, 5.74) is 5.05. The predicted molar refractivity (Wildman–Crippen MR) is 109 cm³/mol. The zero-order valence-electron chi connectivity index (χ0n) is 16.2. The minimum Gasteiger partial charge on any atom is -0.496 e. The van der Waals surface area contributed by atoms with Crippen LogP contribution in [0, 0.1) is 13.8 Å². The van der Waals surface area contributed by atoms with Crippen molar-refractivity contribution in [1.82, 2.24) is 9.88 Å². The second-order valence-electron chi connectivity index (χ2n) is 6.62. The van der Waals surface area contributed by atoms with E-state index in [0.717, 1.165) is 46.9 Å². The van der Waals surface area contributed by atoms with E-state index in [1.54, 1.807) is 7.11 Å². The van der Waals surface area contributed by atoms with E-state index in [1.807, 2.05) is 56.3 Å². The first-order valence-corrected chi connectivity index (χ1v) is 9.22. The summed E-state index contributed by atoms with van der Waals surface area (Å²) in [7, 11) is 1.68. The van der Waals surface area contributed by atoms with Gasteiger partial charge in [0, 0.05) is 22.6 Å². The number of aromatic nitrogens is 1. The van der Waals surface area contributed by atoms with E-state index in [-0.39, 0.29) is 5.78 Å². The van der Waals surface area contributed by atoms with Crippen LogP contribution < -0.4 is 10.1 Å². The summed E-state index contributed by atoms with van der Waals surface area (Å²) in [6.07, 6.45) is 0.820. The summed E-state index contributed by atoms with van der Waals surface area (Å²) >= 11 is 0. The van der Waals surface area contributed by atoms with Gasteiger partial charge in [-0.05, 0) is 56.6 Å². The average molecular weight is 362 g/mol. The molecule has 4 heteroatoms. The third-order valence-corrected chi connectivity index (χ3v) is 4.80. The molecular weight excluding hydrogens is 336 g/mol. The molecule has 0 aliphatic rings. The van der Waals surface area contributed by atoms with E-state index < -0.39 is 0 Å². The number of ether oxygens (including phenoxy) is 1. The first-order valence-electron chi connectivity index (χ1n) is 9.22. The van der Waals surface area contributed by atoms with Gasteiger partial charge in [-0.25, -0.2) is 0 Å². The number of nitrogens with zero attached hydrogens (tertiary/aromatic N) is 1. The number of carbonyl (C=O) groups is 1. The Labute approximate surface area is 160 Å². The smallest absolute Gasteiger partial charge is 0.178 e. The van der Waals surface area contributed by atoms with Crippen molar-refractivity contribution < 1.29 is 9.53 Å². The van der Waals surface area contributed by atoms with Crippen LogP contribution in [-0.4, -0.2) is 30.5 Å². The van der Waals surface area contributed by atoms with Crippen LogP contribution in [0.15, 0.2) is 60.7 Å². The van der Waals surface area contributed by atoms with Gasteiger partial charge >= 0.3 is 0 Å². The molecule has 0 spiro atoms. The second-order valence-corrected chi connectivity index (χ2v) is 6.62. The molecule has 0 fully saturated rings. The molecular formula is C23H26N2O2. The van der Waals surface area contributed by atoms with Crippen molar-refractivity contribution in [3.63, 3.8) is 0 Å². The van der Waals surface area contributed by atoms with Gasteiger partial charge in [0.05, 0.1) is 13.7 Å². The highest BCUT2D eigenvalue weighted by atomic mass is 16.5. The molecule has 3 rings (SSSR count). The molecule has 0 unspecified atom stereocenters. The molecule has 27 heavy (non-hydrogen) atoms. The van der Waals surface area contributed by atoms with E-state index in [1.165, 1.54) is 0 Å². The number of carbonyl (C=O) groups excluding carboxylic acids is 1. The van der Waals surface area contributed by atoms with Gasteiger partial charge in [0.15, 0.2) is 5.78 Å². The molecule has 0 atom stereocenters. The number of nitrogens with one attached hydrogen (secondary N) is 1. The fraction of sp³-hybridized carbons (Fsp3) is 0.261. The molecule has 0 radical (unpaired) electrons. The highest BCUT2D eigenvalue weighted by Crippen LogP contribution is 2.21. The van der Waals surface area contributed by atoms with Gasteiger partial charge in [-0.1, -0.05) is 36.4 Å². The van der Waals surface area contributed by atoms with E-state index in [4.69, 9.17) is 4.74 Å². The standard InChI is InChI=1S/C23H26N2O2/c1-17-15-21(18(2)25(17)20-10-5-4-6-11-20)22(26)16-24-14-13-19-9-7-8-12-23(19)27-3/h4-12,15,24H,13-14,16H2,1-3H3. The summed E-state index contributed by atoms with van der Waals surface area (Å²) in [6, 6.07) is 20.1. The first kappa shape index (κ1) is 18.9. The molecule has 140 valence electrons. The third kappa shape index (κ3) is 4.29. The molecule has 0 bridgehead atoms. The molecule has 1 heterocycles. The van der Waals surface area contributed by atoms with Crippen molar-refractivity contribution in [2.45, 2.75) is 20.3 Å². The van der Waals surface area contributed by atoms with Crippen LogP contribution in [0.1, 0.15) is 27.3 Å². The monoisotopic (exact) mass is 362 g/mol.